The zero-order valence-corrected chi connectivity index (χ0v) is 16.9. The number of carbonyl (C=O) groups is 1. The molecule has 30 heavy (non-hydrogen) atoms. The summed E-state index contributed by atoms with van der Waals surface area (Å²) in [6, 6.07) is 19.2. The Hall–Kier alpha value is -4.11. The summed E-state index contributed by atoms with van der Waals surface area (Å²) >= 11 is 0. The molecule has 0 fully saturated rings. The van der Waals surface area contributed by atoms with Crippen molar-refractivity contribution >= 4 is 28.7 Å². The topological polar surface area (TPSA) is 83.7 Å². The number of aromatic nitrogens is 3. The van der Waals surface area contributed by atoms with Gasteiger partial charge in [0.25, 0.3) is 0 Å². The van der Waals surface area contributed by atoms with Gasteiger partial charge in [0.15, 0.2) is 0 Å². The fourth-order valence-electron chi connectivity index (χ4n) is 3.65. The van der Waals surface area contributed by atoms with Gasteiger partial charge in [0.2, 0.25) is 0 Å². The normalized spacial score (nSPS) is 11.5. The van der Waals surface area contributed by atoms with Crippen LogP contribution in [0.4, 0.5) is 0 Å². The lowest BCUT2D eigenvalue weighted by Crippen LogP contribution is -2.09. The summed E-state index contributed by atoms with van der Waals surface area (Å²) in [5.74, 6) is 0.133. The first-order valence-corrected chi connectivity index (χ1v) is 9.47. The Balaban J connectivity index is 1.82. The number of ether oxygens (including phenoxy) is 1. The minimum absolute atomic E-state index is 0.393. The van der Waals surface area contributed by atoms with Gasteiger partial charge < -0.3 is 14.3 Å². The van der Waals surface area contributed by atoms with E-state index in [1.54, 1.807) is 12.1 Å². The number of nitrogens with zero attached hydrogens (tertiary/aromatic N) is 3. The Morgan fingerprint density at radius 1 is 1.17 bits per heavy atom. The van der Waals surface area contributed by atoms with Gasteiger partial charge in [0.05, 0.1) is 35.0 Å². The molecule has 6 heteroatoms. The third-order valence-electron chi connectivity index (χ3n) is 5.09. The molecular formula is C24H20N4O2. The van der Waals surface area contributed by atoms with Crippen LogP contribution in [0.2, 0.25) is 0 Å². The number of allylic oxidation sites excluding steroid dienone is 1. The van der Waals surface area contributed by atoms with Crippen molar-refractivity contribution in [2.75, 3.05) is 7.11 Å². The monoisotopic (exact) mass is 396 g/mol. The van der Waals surface area contributed by atoms with E-state index in [-0.39, 0.29) is 0 Å². The Kier molecular flexibility index (Phi) is 4.95. The van der Waals surface area contributed by atoms with Crippen LogP contribution < -0.4 is 0 Å². The molecular weight excluding hydrogens is 376 g/mol. The van der Waals surface area contributed by atoms with Gasteiger partial charge in [-0.15, -0.1) is 0 Å². The SMILES string of the molecule is COC(=O)c1ccccc1-n1c(C)cc(/C=C(/C#N)c2nc3ccccc3[nH]2)c1C. The van der Waals surface area contributed by atoms with Crippen molar-refractivity contribution in [1.82, 2.24) is 14.5 Å². The summed E-state index contributed by atoms with van der Waals surface area (Å²) in [6.45, 7) is 3.92. The van der Waals surface area contributed by atoms with Gasteiger partial charge >= 0.3 is 5.97 Å². The van der Waals surface area contributed by atoms with Crippen molar-refractivity contribution in [2.45, 2.75) is 13.8 Å². The molecule has 0 radical (unpaired) electrons. The number of para-hydroxylation sites is 3. The van der Waals surface area contributed by atoms with E-state index in [0.717, 1.165) is 33.7 Å². The molecule has 4 aromatic rings. The van der Waals surface area contributed by atoms with Gasteiger partial charge in [-0.3, -0.25) is 0 Å². The molecule has 0 atom stereocenters. The first-order valence-electron chi connectivity index (χ1n) is 9.47. The molecule has 6 nitrogen and oxygen atoms in total. The fourth-order valence-corrected chi connectivity index (χ4v) is 3.65. The number of carbonyl (C=O) groups excluding carboxylic acids is 1. The van der Waals surface area contributed by atoms with E-state index in [1.807, 2.05) is 67.0 Å². The highest BCUT2D eigenvalue weighted by atomic mass is 16.5. The molecule has 0 aliphatic heterocycles. The molecule has 0 aliphatic rings. The molecule has 0 saturated carbocycles. The number of nitriles is 1. The van der Waals surface area contributed by atoms with Crippen LogP contribution in [0.3, 0.4) is 0 Å². The minimum Gasteiger partial charge on any atom is -0.465 e. The lowest BCUT2D eigenvalue weighted by molar-refractivity contribution is 0.0600. The molecule has 0 bridgehead atoms. The van der Waals surface area contributed by atoms with Crippen LogP contribution in [0.5, 0.6) is 0 Å². The number of hydrogen-bond acceptors (Lipinski definition) is 4. The van der Waals surface area contributed by atoms with Crippen LogP contribution in [-0.2, 0) is 4.74 Å². The third kappa shape index (κ3) is 3.27. The molecule has 1 N–H and O–H groups in total. The van der Waals surface area contributed by atoms with Gasteiger partial charge in [0.1, 0.15) is 11.9 Å². The number of imidazole rings is 1. The van der Waals surface area contributed by atoms with Gasteiger partial charge in [-0.2, -0.15) is 5.26 Å². The van der Waals surface area contributed by atoms with Crippen molar-refractivity contribution in [3.63, 3.8) is 0 Å². The Morgan fingerprint density at radius 3 is 2.63 bits per heavy atom. The van der Waals surface area contributed by atoms with Gasteiger partial charge in [0, 0.05) is 11.4 Å². The smallest absolute Gasteiger partial charge is 0.339 e. The molecule has 2 heterocycles. The quantitative estimate of drug-likeness (QED) is 0.396. The van der Waals surface area contributed by atoms with E-state index >= 15 is 0 Å². The maximum Gasteiger partial charge on any atom is 0.339 e. The Labute approximate surface area is 174 Å². The molecule has 148 valence electrons. The Morgan fingerprint density at radius 2 is 1.90 bits per heavy atom. The van der Waals surface area contributed by atoms with Gasteiger partial charge in [-0.05, 0) is 55.8 Å². The number of aryl methyl sites for hydroxylation is 1. The number of nitrogens with one attached hydrogen (secondary N) is 1. The second-order valence-electron chi connectivity index (χ2n) is 6.94. The highest BCUT2D eigenvalue weighted by Crippen LogP contribution is 2.27. The number of esters is 1. The summed E-state index contributed by atoms with van der Waals surface area (Å²) in [4.78, 5) is 20.0. The molecule has 0 saturated heterocycles. The predicted molar refractivity (Wildman–Crippen MR) is 116 cm³/mol. The van der Waals surface area contributed by atoms with Gasteiger partial charge in [-0.25, -0.2) is 9.78 Å². The number of aromatic amines is 1. The van der Waals surface area contributed by atoms with E-state index in [4.69, 9.17) is 4.74 Å². The van der Waals surface area contributed by atoms with E-state index in [9.17, 15) is 10.1 Å². The molecule has 4 rings (SSSR count). The standard InChI is InChI=1S/C24H20N4O2/c1-15-12-17(13-18(14-25)23-26-20-9-5-6-10-21(20)27-23)16(2)28(15)22-11-7-4-8-19(22)24(29)30-3/h4-13H,1-3H3,(H,26,27)/b18-13-. The van der Waals surface area contributed by atoms with Crippen molar-refractivity contribution in [2.24, 2.45) is 0 Å². The van der Waals surface area contributed by atoms with Crippen LogP contribution >= 0.6 is 0 Å². The number of hydrogen-bond donors (Lipinski definition) is 1. The highest BCUT2D eigenvalue weighted by molar-refractivity contribution is 5.94. The number of rotatable bonds is 4. The van der Waals surface area contributed by atoms with Crippen LogP contribution in [0.25, 0.3) is 28.4 Å². The molecule has 0 spiro atoms. The average molecular weight is 396 g/mol. The first kappa shape index (κ1) is 19.2. The average Bonchev–Trinajstić information content (AvgIpc) is 3.31. The maximum absolute atomic E-state index is 12.2. The van der Waals surface area contributed by atoms with Crippen molar-refractivity contribution in [3.05, 3.63) is 82.9 Å². The second-order valence-corrected chi connectivity index (χ2v) is 6.94. The van der Waals surface area contributed by atoms with Crippen LogP contribution in [-0.4, -0.2) is 27.6 Å². The highest BCUT2D eigenvalue weighted by Gasteiger charge is 2.17. The van der Waals surface area contributed by atoms with Gasteiger partial charge in [-0.1, -0.05) is 24.3 Å². The largest absolute Gasteiger partial charge is 0.465 e. The first-order chi connectivity index (χ1) is 14.5. The molecule has 2 aromatic carbocycles. The summed E-state index contributed by atoms with van der Waals surface area (Å²) < 4.78 is 6.93. The van der Waals surface area contributed by atoms with E-state index < -0.39 is 5.97 Å². The molecule has 0 unspecified atom stereocenters. The summed E-state index contributed by atoms with van der Waals surface area (Å²) in [5, 5.41) is 9.75. The number of methoxy groups -OCH3 is 1. The number of H-pyrrole nitrogens is 1. The summed E-state index contributed by atoms with van der Waals surface area (Å²) in [6.07, 6.45) is 1.82. The molecule has 2 aromatic heterocycles. The maximum atomic E-state index is 12.2. The lowest BCUT2D eigenvalue weighted by Gasteiger charge is -2.13. The minimum atomic E-state index is -0.393. The predicted octanol–water partition coefficient (Wildman–Crippen LogP) is 4.82. The van der Waals surface area contributed by atoms with Crippen molar-refractivity contribution < 1.29 is 9.53 Å². The van der Waals surface area contributed by atoms with Crippen LogP contribution in [0, 0.1) is 25.2 Å². The fraction of sp³-hybridized carbons (Fsp3) is 0.125. The molecule has 0 amide bonds. The van der Waals surface area contributed by atoms with Crippen LogP contribution in [0.15, 0.2) is 54.6 Å². The van der Waals surface area contributed by atoms with E-state index in [0.29, 0.717) is 17.0 Å². The van der Waals surface area contributed by atoms with Crippen molar-refractivity contribution in [3.8, 4) is 11.8 Å². The number of fused-ring (bicyclic) bond motifs is 1. The third-order valence-corrected chi connectivity index (χ3v) is 5.09. The lowest BCUT2D eigenvalue weighted by atomic mass is 10.1. The summed E-state index contributed by atoms with van der Waals surface area (Å²) in [5.41, 5.74) is 6.08. The molecule has 0 aliphatic carbocycles. The van der Waals surface area contributed by atoms with Crippen molar-refractivity contribution in [1.29, 1.82) is 5.26 Å². The van der Waals surface area contributed by atoms with E-state index in [1.165, 1.54) is 7.11 Å². The van der Waals surface area contributed by atoms with E-state index in [2.05, 4.69) is 16.0 Å². The zero-order chi connectivity index (χ0) is 21.3. The van der Waals surface area contributed by atoms with Crippen LogP contribution in [0.1, 0.15) is 33.1 Å². The zero-order valence-electron chi connectivity index (χ0n) is 16.9. The Bertz CT molecular complexity index is 1300. The number of benzene rings is 2. The second kappa shape index (κ2) is 7.72. The summed E-state index contributed by atoms with van der Waals surface area (Å²) in [7, 11) is 1.37.